The molecule has 1 fully saturated rings. The molecule has 1 aliphatic rings. The van der Waals surface area contributed by atoms with Crippen molar-refractivity contribution in [2.24, 2.45) is 11.7 Å². The zero-order valence-electron chi connectivity index (χ0n) is 16.2. The zero-order chi connectivity index (χ0) is 19.9. The standard InChI is InChI=1S/C22H28N4O2/c1-16-6-5-7-18(12-16)20(25-22(23)28)13-21(27)24-14-17-10-11-26(15-17)19-8-3-2-4-9-19/h2-9,12,17,20H,10-11,13-15H2,1H3,(H,24,27)(H3,23,25,28)/t17-,20-/m1/s1. The first kappa shape index (κ1) is 19.7. The molecule has 0 saturated carbocycles. The molecule has 1 heterocycles. The van der Waals surface area contributed by atoms with Crippen LogP contribution in [0, 0.1) is 12.8 Å². The first-order chi connectivity index (χ1) is 13.5. The molecule has 6 nitrogen and oxygen atoms in total. The molecule has 0 aliphatic carbocycles. The summed E-state index contributed by atoms with van der Waals surface area (Å²) < 4.78 is 0. The minimum absolute atomic E-state index is 0.0848. The molecule has 0 aromatic heterocycles. The Morgan fingerprint density at radius 2 is 1.96 bits per heavy atom. The lowest BCUT2D eigenvalue weighted by molar-refractivity contribution is -0.121. The zero-order valence-corrected chi connectivity index (χ0v) is 16.2. The number of nitrogens with one attached hydrogen (secondary N) is 2. The van der Waals surface area contributed by atoms with Crippen molar-refractivity contribution in [3.05, 3.63) is 65.7 Å². The van der Waals surface area contributed by atoms with Gasteiger partial charge >= 0.3 is 6.03 Å². The van der Waals surface area contributed by atoms with Gasteiger partial charge in [0, 0.05) is 25.3 Å². The number of hydrogen-bond acceptors (Lipinski definition) is 3. The summed E-state index contributed by atoms with van der Waals surface area (Å²) in [7, 11) is 0. The van der Waals surface area contributed by atoms with E-state index < -0.39 is 12.1 Å². The Bertz CT molecular complexity index is 809. The maximum absolute atomic E-state index is 12.5. The predicted molar refractivity (Wildman–Crippen MR) is 111 cm³/mol. The summed E-state index contributed by atoms with van der Waals surface area (Å²) in [6.45, 7) is 4.55. The molecule has 2 aromatic carbocycles. The van der Waals surface area contributed by atoms with Crippen LogP contribution in [0.3, 0.4) is 0 Å². The fourth-order valence-electron chi connectivity index (χ4n) is 3.70. The van der Waals surface area contributed by atoms with Crippen LogP contribution in [0.4, 0.5) is 10.5 Å². The van der Waals surface area contributed by atoms with E-state index in [1.54, 1.807) is 0 Å². The average molecular weight is 380 g/mol. The molecule has 0 spiro atoms. The van der Waals surface area contributed by atoms with Crippen molar-refractivity contribution < 1.29 is 9.59 Å². The van der Waals surface area contributed by atoms with Crippen molar-refractivity contribution in [1.82, 2.24) is 10.6 Å². The highest BCUT2D eigenvalue weighted by atomic mass is 16.2. The second kappa shape index (κ2) is 9.26. The van der Waals surface area contributed by atoms with Crippen molar-refractivity contribution in [3.8, 4) is 0 Å². The van der Waals surface area contributed by atoms with Gasteiger partial charge in [0.25, 0.3) is 0 Å². The van der Waals surface area contributed by atoms with Crippen LogP contribution in [0.2, 0.25) is 0 Å². The van der Waals surface area contributed by atoms with Gasteiger partial charge in [0.2, 0.25) is 5.91 Å². The summed E-state index contributed by atoms with van der Waals surface area (Å²) in [6, 6.07) is 17.0. The normalized spacial score (nSPS) is 17.2. The van der Waals surface area contributed by atoms with Crippen LogP contribution in [0.25, 0.3) is 0 Å². The number of carbonyl (C=O) groups is 2. The summed E-state index contributed by atoms with van der Waals surface area (Å²) in [5.74, 6) is 0.337. The molecule has 4 N–H and O–H groups in total. The molecular formula is C22H28N4O2. The molecule has 3 rings (SSSR count). The van der Waals surface area contributed by atoms with Crippen molar-refractivity contribution >= 4 is 17.6 Å². The first-order valence-corrected chi connectivity index (χ1v) is 9.70. The van der Waals surface area contributed by atoms with E-state index in [-0.39, 0.29) is 12.3 Å². The van der Waals surface area contributed by atoms with Crippen LogP contribution in [0.5, 0.6) is 0 Å². The number of rotatable bonds is 7. The minimum Gasteiger partial charge on any atom is -0.371 e. The lowest BCUT2D eigenvalue weighted by atomic mass is 10.0. The molecule has 0 radical (unpaired) electrons. The Morgan fingerprint density at radius 1 is 1.18 bits per heavy atom. The Kier molecular flexibility index (Phi) is 6.53. The minimum atomic E-state index is -0.631. The van der Waals surface area contributed by atoms with Crippen molar-refractivity contribution in [3.63, 3.8) is 0 Å². The summed E-state index contributed by atoms with van der Waals surface area (Å²) in [6.07, 6.45) is 1.22. The molecule has 0 unspecified atom stereocenters. The third-order valence-electron chi connectivity index (χ3n) is 5.15. The Labute approximate surface area is 166 Å². The number of nitrogens with two attached hydrogens (primary N) is 1. The second-order valence-electron chi connectivity index (χ2n) is 7.42. The van der Waals surface area contributed by atoms with Crippen LogP contribution in [-0.2, 0) is 4.79 Å². The van der Waals surface area contributed by atoms with E-state index >= 15 is 0 Å². The topological polar surface area (TPSA) is 87.5 Å². The van der Waals surface area contributed by atoms with Crippen LogP contribution in [-0.4, -0.2) is 31.6 Å². The Morgan fingerprint density at radius 3 is 2.68 bits per heavy atom. The maximum Gasteiger partial charge on any atom is 0.312 e. The summed E-state index contributed by atoms with van der Waals surface area (Å²) in [4.78, 5) is 26.2. The second-order valence-corrected chi connectivity index (χ2v) is 7.42. The molecule has 2 aromatic rings. The van der Waals surface area contributed by atoms with Gasteiger partial charge in [-0.3, -0.25) is 4.79 Å². The molecular weight excluding hydrogens is 352 g/mol. The lowest BCUT2D eigenvalue weighted by Crippen LogP contribution is -2.38. The van der Waals surface area contributed by atoms with Crippen molar-refractivity contribution in [2.75, 3.05) is 24.5 Å². The number of carbonyl (C=O) groups excluding carboxylic acids is 2. The molecule has 3 amide bonds. The SMILES string of the molecule is Cc1cccc([C@@H](CC(=O)NC[C@H]2CCN(c3ccccc3)C2)NC(N)=O)c1. The van der Waals surface area contributed by atoms with E-state index in [0.29, 0.717) is 12.5 Å². The molecule has 6 heteroatoms. The number of aryl methyl sites for hydroxylation is 1. The highest BCUT2D eigenvalue weighted by Gasteiger charge is 2.24. The van der Waals surface area contributed by atoms with E-state index in [1.807, 2.05) is 49.4 Å². The van der Waals surface area contributed by atoms with Gasteiger partial charge in [0.05, 0.1) is 12.5 Å². The fraction of sp³-hybridized carbons (Fsp3) is 0.364. The van der Waals surface area contributed by atoms with E-state index in [9.17, 15) is 9.59 Å². The molecule has 0 bridgehead atoms. The van der Waals surface area contributed by atoms with E-state index in [2.05, 4.69) is 27.7 Å². The molecule has 148 valence electrons. The van der Waals surface area contributed by atoms with E-state index in [0.717, 1.165) is 30.6 Å². The van der Waals surface area contributed by atoms with Gasteiger partial charge in [-0.1, -0.05) is 48.0 Å². The quantitative estimate of drug-likeness (QED) is 0.690. The number of amides is 3. The largest absolute Gasteiger partial charge is 0.371 e. The molecule has 1 saturated heterocycles. The van der Waals surface area contributed by atoms with Crippen molar-refractivity contribution in [2.45, 2.75) is 25.8 Å². The summed E-state index contributed by atoms with van der Waals surface area (Å²) in [5, 5.41) is 5.71. The van der Waals surface area contributed by atoms with Gasteiger partial charge in [-0.25, -0.2) is 4.79 Å². The number of hydrogen-bond donors (Lipinski definition) is 3. The van der Waals surface area contributed by atoms with Gasteiger partial charge in [0.15, 0.2) is 0 Å². The number of para-hydroxylation sites is 1. The highest BCUT2D eigenvalue weighted by molar-refractivity contribution is 5.78. The smallest absolute Gasteiger partial charge is 0.312 e. The monoisotopic (exact) mass is 380 g/mol. The predicted octanol–water partition coefficient (Wildman–Crippen LogP) is 2.74. The van der Waals surface area contributed by atoms with Gasteiger partial charge in [-0.2, -0.15) is 0 Å². The van der Waals surface area contributed by atoms with Crippen LogP contribution < -0.4 is 21.3 Å². The van der Waals surface area contributed by atoms with Crippen LogP contribution in [0.1, 0.15) is 30.0 Å². The Balaban J connectivity index is 1.51. The summed E-state index contributed by atoms with van der Waals surface area (Å²) >= 11 is 0. The highest BCUT2D eigenvalue weighted by Crippen LogP contribution is 2.23. The maximum atomic E-state index is 12.5. The third kappa shape index (κ3) is 5.49. The van der Waals surface area contributed by atoms with Crippen LogP contribution >= 0.6 is 0 Å². The van der Waals surface area contributed by atoms with Gasteiger partial charge < -0.3 is 21.3 Å². The number of benzene rings is 2. The van der Waals surface area contributed by atoms with E-state index in [4.69, 9.17) is 5.73 Å². The number of primary amides is 1. The summed E-state index contributed by atoms with van der Waals surface area (Å²) in [5.41, 5.74) is 8.48. The fourth-order valence-corrected chi connectivity index (χ4v) is 3.70. The first-order valence-electron chi connectivity index (χ1n) is 9.70. The van der Waals surface area contributed by atoms with Gasteiger partial charge in [-0.05, 0) is 37.0 Å². The average Bonchev–Trinajstić information content (AvgIpc) is 3.15. The number of anilines is 1. The lowest BCUT2D eigenvalue weighted by Gasteiger charge is -2.20. The van der Waals surface area contributed by atoms with Gasteiger partial charge in [-0.15, -0.1) is 0 Å². The van der Waals surface area contributed by atoms with Crippen LogP contribution in [0.15, 0.2) is 54.6 Å². The Hall–Kier alpha value is -3.02. The molecule has 1 aliphatic heterocycles. The van der Waals surface area contributed by atoms with E-state index in [1.165, 1.54) is 5.69 Å². The molecule has 28 heavy (non-hydrogen) atoms. The van der Waals surface area contributed by atoms with Gasteiger partial charge in [0.1, 0.15) is 0 Å². The third-order valence-corrected chi connectivity index (χ3v) is 5.15. The number of urea groups is 1. The molecule has 2 atom stereocenters. The number of nitrogens with zero attached hydrogens (tertiary/aromatic N) is 1. The van der Waals surface area contributed by atoms with Crippen molar-refractivity contribution in [1.29, 1.82) is 0 Å².